The average molecular weight is 224 g/mol. The van der Waals surface area contributed by atoms with Crippen LogP contribution in [0, 0.1) is 11.6 Å². The zero-order chi connectivity index (χ0) is 11.5. The molecule has 2 aromatic rings. The minimum absolute atomic E-state index is 0.341. The number of ether oxygens (including phenoxy) is 1. The van der Waals surface area contributed by atoms with Gasteiger partial charge >= 0.3 is 5.56 Å². The van der Waals surface area contributed by atoms with E-state index in [0.29, 0.717) is 0 Å². The van der Waals surface area contributed by atoms with E-state index in [2.05, 4.69) is 9.97 Å². The van der Waals surface area contributed by atoms with Crippen molar-refractivity contribution >= 4 is 0 Å². The Bertz CT molecular complexity index is 569. The molecule has 1 heterocycles. The lowest BCUT2D eigenvalue weighted by Gasteiger charge is -2.04. The van der Waals surface area contributed by atoms with Crippen molar-refractivity contribution in [3.63, 3.8) is 0 Å². The maximum absolute atomic E-state index is 13.2. The van der Waals surface area contributed by atoms with Gasteiger partial charge in [0, 0.05) is 18.5 Å². The van der Waals surface area contributed by atoms with E-state index in [1.165, 1.54) is 12.4 Å². The number of halogens is 2. The molecule has 1 aromatic carbocycles. The molecular formula is C10H6F2N2O2. The molecule has 1 N–H and O–H groups in total. The average Bonchev–Trinajstić information content (AvgIpc) is 2.27. The van der Waals surface area contributed by atoms with Gasteiger partial charge in [0.1, 0.15) is 5.82 Å². The highest BCUT2D eigenvalue weighted by Gasteiger charge is 2.09. The molecule has 6 heteroatoms. The zero-order valence-corrected chi connectivity index (χ0v) is 7.91. The van der Waals surface area contributed by atoms with E-state index in [9.17, 15) is 13.6 Å². The summed E-state index contributed by atoms with van der Waals surface area (Å²) in [6, 6.07) is 2.69. The lowest BCUT2D eigenvalue weighted by atomic mass is 10.3. The van der Waals surface area contributed by atoms with Crippen molar-refractivity contribution in [3.05, 3.63) is 52.6 Å². The highest BCUT2D eigenvalue weighted by Crippen LogP contribution is 2.21. The van der Waals surface area contributed by atoms with E-state index in [1.54, 1.807) is 0 Å². The third-order valence-corrected chi connectivity index (χ3v) is 1.77. The van der Waals surface area contributed by atoms with Crippen molar-refractivity contribution < 1.29 is 13.5 Å². The van der Waals surface area contributed by atoms with Gasteiger partial charge in [0.15, 0.2) is 11.6 Å². The number of hydrogen-bond acceptors (Lipinski definition) is 3. The summed E-state index contributed by atoms with van der Waals surface area (Å²) < 4.78 is 30.8. The quantitative estimate of drug-likeness (QED) is 0.846. The lowest BCUT2D eigenvalue weighted by molar-refractivity contribution is 0.416. The van der Waals surface area contributed by atoms with E-state index in [-0.39, 0.29) is 11.6 Å². The maximum atomic E-state index is 13.2. The van der Waals surface area contributed by atoms with Crippen LogP contribution in [0.1, 0.15) is 0 Å². The van der Waals surface area contributed by atoms with Crippen molar-refractivity contribution in [1.82, 2.24) is 9.97 Å². The van der Waals surface area contributed by atoms with E-state index < -0.39 is 17.2 Å². The molecule has 0 aliphatic heterocycles. The number of H-pyrrole nitrogens is 1. The highest BCUT2D eigenvalue weighted by atomic mass is 19.1. The molecule has 0 aliphatic carbocycles. The molecule has 0 unspecified atom stereocenters. The fraction of sp³-hybridized carbons (Fsp3) is 0. The maximum Gasteiger partial charge on any atom is 0.311 e. The Balaban J connectivity index is 2.38. The molecule has 0 fully saturated rings. The monoisotopic (exact) mass is 224 g/mol. The number of hydrogen-bond donors (Lipinski definition) is 1. The Morgan fingerprint density at radius 1 is 1.31 bits per heavy atom. The van der Waals surface area contributed by atoms with Crippen LogP contribution in [0.2, 0.25) is 0 Å². The number of nitrogens with zero attached hydrogens (tertiary/aromatic N) is 1. The molecule has 0 spiro atoms. The van der Waals surface area contributed by atoms with Crippen LogP contribution in [0.15, 0.2) is 35.4 Å². The van der Waals surface area contributed by atoms with E-state index in [4.69, 9.17) is 4.74 Å². The van der Waals surface area contributed by atoms with Crippen molar-refractivity contribution in [2.45, 2.75) is 0 Å². The van der Waals surface area contributed by atoms with Crippen LogP contribution in [0.5, 0.6) is 11.6 Å². The summed E-state index contributed by atoms with van der Waals surface area (Å²) in [6.45, 7) is 0. The second kappa shape index (κ2) is 4.09. The Morgan fingerprint density at radius 2 is 2.12 bits per heavy atom. The fourth-order valence-electron chi connectivity index (χ4n) is 1.07. The zero-order valence-electron chi connectivity index (χ0n) is 7.91. The van der Waals surface area contributed by atoms with Gasteiger partial charge in [-0.05, 0) is 12.1 Å². The Labute approximate surface area is 88.5 Å². The first-order valence-corrected chi connectivity index (χ1v) is 4.33. The third kappa shape index (κ3) is 2.05. The van der Waals surface area contributed by atoms with Gasteiger partial charge < -0.3 is 9.72 Å². The molecule has 0 atom stereocenters. The van der Waals surface area contributed by atoms with Gasteiger partial charge in [0.2, 0.25) is 0 Å². The van der Waals surface area contributed by atoms with Gasteiger partial charge in [-0.3, -0.25) is 4.79 Å². The van der Waals surface area contributed by atoms with Gasteiger partial charge in [-0.2, -0.15) is 0 Å². The summed E-state index contributed by atoms with van der Waals surface area (Å²) >= 11 is 0. The molecule has 0 saturated carbocycles. The van der Waals surface area contributed by atoms with Crippen LogP contribution in [0.4, 0.5) is 8.78 Å². The van der Waals surface area contributed by atoms with Crippen LogP contribution in [0.25, 0.3) is 0 Å². The summed E-state index contributed by atoms with van der Waals surface area (Å²) in [5.74, 6) is -2.16. The van der Waals surface area contributed by atoms with Crippen molar-refractivity contribution in [3.8, 4) is 11.6 Å². The minimum Gasteiger partial charge on any atom is -0.431 e. The molecule has 4 nitrogen and oxygen atoms in total. The number of rotatable bonds is 2. The molecule has 16 heavy (non-hydrogen) atoms. The minimum atomic E-state index is -0.772. The topological polar surface area (TPSA) is 55.0 Å². The first kappa shape index (κ1) is 10.3. The third-order valence-electron chi connectivity index (χ3n) is 1.77. The summed E-state index contributed by atoms with van der Waals surface area (Å²) in [4.78, 5) is 17.0. The number of aromatic amines is 1. The molecule has 0 radical (unpaired) electrons. The predicted molar refractivity (Wildman–Crippen MR) is 51.3 cm³/mol. The Morgan fingerprint density at radius 3 is 2.88 bits per heavy atom. The van der Waals surface area contributed by atoms with Crippen LogP contribution in [-0.2, 0) is 0 Å². The summed E-state index contributed by atoms with van der Waals surface area (Å²) in [5.41, 5.74) is -0.619. The van der Waals surface area contributed by atoms with Gasteiger partial charge in [-0.1, -0.05) is 0 Å². The van der Waals surface area contributed by atoms with Crippen LogP contribution < -0.4 is 10.3 Å². The van der Waals surface area contributed by atoms with E-state index in [0.717, 1.165) is 18.2 Å². The number of aromatic nitrogens is 2. The van der Waals surface area contributed by atoms with Crippen molar-refractivity contribution in [1.29, 1.82) is 0 Å². The normalized spacial score (nSPS) is 10.1. The van der Waals surface area contributed by atoms with Crippen molar-refractivity contribution in [2.75, 3.05) is 0 Å². The number of nitrogens with one attached hydrogen (secondary N) is 1. The van der Waals surface area contributed by atoms with Gasteiger partial charge in [-0.25, -0.2) is 13.8 Å². The van der Waals surface area contributed by atoms with Gasteiger partial charge in [0.25, 0.3) is 5.88 Å². The summed E-state index contributed by atoms with van der Waals surface area (Å²) in [5, 5.41) is 0. The largest absolute Gasteiger partial charge is 0.431 e. The number of benzene rings is 1. The van der Waals surface area contributed by atoms with E-state index in [1.807, 2.05) is 0 Å². The molecule has 0 amide bonds. The summed E-state index contributed by atoms with van der Waals surface area (Å²) in [7, 11) is 0. The molecule has 0 bridgehead atoms. The Hall–Kier alpha value is -2.24. The highest BCUT2D eigenvalue weighted by molar-refractivity contribution is 5.28. The lowest BCUT2D eigenvalue weighted by Crippen LogP contribution is -2.09. The molecule has 82 valence electrons. The second-order valence-corrected chi connectivity index (χ2v) is 2.90. The van der Waals surface area contributed by atoms with Crippen molar-refractivity contribution in [2.24, 2.45) is 0 Å². The molecule has 0 aliphatic rings. The predicted octanol–water partition coefficient (Wildman–Crippen LogP) is 1.84. The molecular weight excluding hydrogens is 218 g/mol. The van der Waals surface area contributed by atoms with Gasteiger partial charge in [-0.15, -0.1) is 0 Å². The Kier molecular flexibility index (Phi) is 2.63. The van der Waals surface area contributed by atoms with Gasteiger partial charge in [0.05, 0.1) is 0 Å². The van der Waals surface area contributed by atoms with Crippen LogP contribution in [0.3, 0.4) is 0 Å². The molecule has 0 saturated heterocycles. The van der Waals surface area contributed by atoms with Crippen LogP contribution in [-0.4, -0.2) is 9.97 Å². The first-order valence-electron chi connectivity index (χ1n) is 4.33. The summed E-state index contributed by atoms with van der Waals surface area (Å²) in [6.07, 6.45) is 2.57. The first-order chi connectivity index (χ1) is 7.66. The smallest absolute Gasteiger partial charge is 0.311 e. The van der Waals surface area contributed by atoms with Crippen LogP contribution >= 0.6 is 0 Å². The fourth-order valence-corrected chi connectivity index (χ4v) is 1.07. The molecule has 2 rings (SSSR count). The standard InChI is InChI=1S/C10H6F2N2O2/c11-6-1-2-7(12)8(5-6)16-10-9(15)13-3-4-14-10/h1-5H,(H,13,15). The SMILES string of the molecule is O=c1[nH]ccnc1Oc1cc(F)ccc1F. The van der Waals surface area contributed by atoms with E-state index >= 15 is 0 Å². The molecule has 1 aromatic heterocycles. The second-order valence-electron chi connectivity index (χ2n) is 2.90.